The number of hydrogen-bond donors (Lipinski definition) is 1. The van der Waals surface area contributed by atoms with Gasteiger partial charge >= 0.3 is 0 Å². The molecular weight excluding hydrogens is 312 g/mol. The van der Waals surface area contributed by atoms with Gasteiger partial charge in [0.15, 0.2) is 9.84 Å². The van der Waals surface area contributed by atoms with Crippen LogP contribution < -0.4 is 5.32 Å². The topological polar surface area (TPSA) is 66.5 Å². The number of sulfone groups is 1. The molecule has 116 valence electrons. The van der Waals surface area contributed by atoms with Crippen LogP contribution >= 0.6 is 12.4 Å². The van der Waals surface area contributed by atoms with E-state index in [4.69, 9.17) is 0 Å². The molecule has 1 aromatic rings. The summed E-state index contributed by atoms with van der Waals surface area (Å²) >= 11 is 0. The lowest BCUT2D eigenvalue weighted by molar-refractivity contribution is 0.0688. The van der Waals surface area contributed by atoms with Crippen LogP contribution in [-0.4, -0.2) is 45.1 Å². The molecule has 1 fully saturated rings. The van der Waals surface area contributed by atoms with Crippen LogP contribution in [0.5, 0.6) is 0 Å². The third-order valence-corrected chi connectivity index (χ3v) is 5.20. The molecule has 1 atom stereocenters. The second kappa shape index (κ2) is 5.59. The van der Waals surface area contributed by atoms with E-state index < -0.39 is 9.84 Å². The lowest BCUT2D eigenvalue weighted by Crippen LogP contribution is -2.44. The summed E-state index contributed by atoms with van der Waals surface area (Å²) in [7, 11) is -3.40. The van der Waals surface area contributed by atoms with Crippen molar-refractivity contribution >= 4 is 28.2 Å². The van der Waals surface area contributed by atoms with Gasteiger partial charge in [-0.3, -0.25) is 4.79 Å². The second-order valence-electron chi connectivity index (χ2n) is 5.40. The standard InChI is InChI=1S/C14H18N2O3S.ClH/c1-3-9-6-10-11-8-15-4-5-16(11)14(17)13(10)12(7-9)20(2,18)19;/h6-7,11,15H,3-5,8H2,1-2H3;1H/t11-;/m0./s1. The largest absolute Gasteiger partial charge is 0.329 e. The maximum absolute atomic E-state index is 12.5. The van der Waals surface area contributed by atoms with Gasteiger partial charge in [0.25, 0.3) is 5.91 Å². The SMILES string of the molecule is CCc1cc2c(c(S(C)(=O)=O)c1)C(=O)N1CCNC[C@@H]21.Cl. The molecule has 7 heteroatoms. The third kappa shape index (κ3) is 2.56. The van der Waals surface area contributed by atoms with E-state index in [1.165, 1.54) is 6.26 Å². The number of halogens is 1. The Bertz CT molecular complexity index is 688. The fourth-order valence-corrected chi connectivity index (χ4v) is 3.99. The summed E-state index contributed by atoms with van der Waals surface area (Å²) in [6.07, 6.45) is 1.93. The molecule has 0 spiro atoms. The first kappa shape index (κ1) is 16.3. The minimum absolute atomic E-state index is 0. The molecule has 2 heterocycles. The number of aryl methyl sites for hydroxylation is 1. The zero-order valence-corrected chi connectivity index (χ0v) is 13.7. The summed E-state index contributed by atoms with van der Waals surface area (Å²) in [5.41, 5.74) is 2.21. The van der Waals surface area contributed by atoms with Crippen LogP contribution in [0, 0.1) is 0 Å². The molecule has 2 aliphatic heterocycles. The van der Waals surface area contributed by atoms with Gasteiger partial charge in [-0.1, -0.05) is 13.0 Å². The monoisotopic (exact) mass is 330 g/mol. The first-order valence-electron chi connectivity index (χ1n) is 6.82. The van der Waals surface area contributed by atoms with Crippen LogP contribution in [0.2, 0.25) is 0 Å². The molecule has 0 unspecified atom stereocenters. The van der Waals surface area contributed by atoms with Gasteiger partial charge in [0.05, 0.1) is 16.5 Å². The third-order valence-electron chi connectivity index (χ3n) is 4.08. The molecule has 0 aromatic heterocycles. The van der Waals surface area contributed by atoms with E-state index in [1.54, 1.807) is 11.0 Å². The zero-order chi connectivity index (χ0) is 14.5. The summed E-state index contributed by atoms with van der Waals surface area (Å²) < 4.78 is 24.1. The van der Waals surface area contributed by atoms with Gasteiger partial charge in [0.2, 0.25) is 0 Å². The van der Waals surface area contributed by atoms with Gasteiger partial charge in [0, 0.05) is 25.9 Å². The highest BCUT2D eigenvalue weighted by Gasteiger charge is 2.41. The van der Waals surface area contributed by atoms with Crippen molar-refractivity contribution in [3.63, 3.8) is 0 Å². The summed E-state index contributed by atoms with van der Waals surface area (Å²) in [5.74, 6) is -0.144. The normalized spacial score (nSPS) is 20.8. The minimum atomic E-state index is -3.40. The number of hydrogen-bond acceptors (Lipinski definition) is 4. The fourth-order valence-electron chi connectivity index (χ4n) is 3.05. The van der Waals surface area contributed by atoms with Crippen molar-refractivity contribution in [1.82, 2.24) is 10.2 Å². The Kier molecular flexibility index (Phi) is 4.33. The number of fused-ring (bicyclic) bond motifs is 3. The van der Waals surface area contributed by atoms with Crippen molar-refractivity contribution in [2.24, 2.45) is 0 Å². The van der Waals surface area contributed by atoms with Crippen molar-refractivity contribution in [3.05, 3.63) is 28.8 Å². The van der Waals surface area contributed by atoms with Crippen molar-refractivity contribution in [1.29, 1.82) is 0 Å². The first-order chi connectivity index (χ1) is 9.43. The highest BCUT2D eigenvalue weighted by atomic mass is 35.5. The predicted molar refractivity (Wildman–Crippen MR) is 82.8 cm³/mol. The number of piperazine rings is 1. The number of nitrogens with one attached hydrogen (secondary N) is 1. The van der Waals surface area contributed by atoms with Gasteiger partial charge in [-0.15, -0.1) is 12.4 Å². The van der Waals surface area contributed by atoms with Crippen molar-refractivity contribution < 1.29 is 13.2 Å². The van der Waals surface area contributed by atoms with Crippen LogP contribution in [0.3, 0.4) is 0 Å². The van der Waals surface area contributed by atoms with Crippen LogP contribution in [0.15, 0.2) is 17.0 Å². The molecule has 3 rings (SSSR count). The summed E-state index contributed by atoms with van der Waals surface area (Å²) in [5, 5.41) is 3.27. The van der Waals surface area contributed by atoms with Gasteiger partial charge in [0.1, 0.15) is 0 Å². The Morgan fingerprint density at radius 2 is 2.10 bits per heavy atom. The molecule has 1 N–H and O–H groups in total. The Labute approximate surface area is 131 Å². The smallest absolute Gasteiger partial charge is 0.256 e. The molecule has 0 saturated carbocycles. The van der Waals surface area contributed by atoms with E-state index in [2.05, 4.69) is 5.32 Å². The highest BCUT2D eigenvalue weighted by Crippen LogP contribution is 2.38. The number of rotatable bonds is 2. The number of nitrogens with zero attached hydrogens (tertiary/aromatic N) is 1. The van der Waals surface area contributed by atoms with Crippen molar-refractivity contribution in [2.75, 3.05) is 25.9 Å². The number of amides is 1. The maximum atomic E-state index is 12.5. The first-order valence-corrected chi connectivity index (χ1v) is 8.71. The zero-order valence-electron chi connectivity index (χ0n) is 12.0. The van der Waals surface area contributed by atoms with Gasteiger partial charge in [-0.2, -0.15) is 0 Å². The molecule has 0 bridgehead atoms. The van der Waals surface area contributed by atoms with Crippen molar-refractivity contribution in [3.8, 4) is 0 Å². The van der Waals surface area contributed by atoms with Crippen LogP contribution in [0.4, 0.5) is 0 Å². The van der Waals surface area contributed by atoms with E-state index >= 15 is 0 Å². The summed E-state index contributed by atoms with van der Waals surface area (Å²) in [6, 6.07) is 3.61. The Hall–Kier alpha value is -1.11. The van der Waals surface area contributed by atoms with E-state index in [0.717, 1.165) is 24.1 Å². The molecule has 0 aliphatic carbocycles. The molecule has 2 aliphatic rings. The van der Waals surface area contributed by atoms with Crippen LogP contribution in [-0.2, 0) is 16.3 Å². The van der Waals surface area contributed by atoms with E-state index in [-0.39, 0.29) is 29.3 Å². The summed E-state index contributed by atoms with van der Waals surface area (Å²) in [6.45, 7) is 4.06. The minimum Gasteiger partial charge on any atom is -0.329 e. The molecule has 1 amide bonds. The Morgan fingerprint density at radius 1 is 1.38 bits per heavy atom. The van der Waals surface area contributed by atoms with E-state index in [9.17, 15) is 13.2 Å². The van der Waals surface area contributed by atoms with E-state index in [1.807, 2.05) is 13.0 Å². The number of benzene rings is 1. The van der Waals surface area contributed by atoms with Crippen molar-refractivity contribution in [2.45, 2.75) is 24.3 Å². The summed E-state index contributed by atoms with van der Waals surface area (Å²) in [4.78, 5) is 14.5. The molecule has 21 heavy (non-hydrogen) atoms. The van der Waals surface area contributed by atoms with Gasteiger partial charge in [-0.25, -0.2) is 8.42 Å². The van der Waals surface area contributed by atoms with Crippen LogP contribution in [0.1, 0.15) is 34.5 Å². The molecule has 5 nitrogen and oxygen atoms in total. The lowest BCUT2D eigenvalue weighted by atomic mass is 9.99. The number of carbonyl (C=O) groups excluding carboxylic acids is 1. The average Bonchev–Trinajstić information content (AvgIpc) is 2.71. The Balaban J connectivity index is 0.00000161. The quantitative estimate of drug-likeness (QED) is 0.884. The average molecular weight is 331 g/mol. The second-order valence-corrected chi connectivity index (χ2v) is 7.39. The fraction of sp³-hybridized carbons (Fsp3) is 0.500. The van der Waals surface area contributed by atoms with Gasteiger partial charge < -0.3 is 10.2 Å². The number of carbonyl (C=O) groups is 1. The van der Waals surface area contributed by atoms with Gasteiger partial charge in [-0.05, 0) is 23.6 Å². The highest BCUT2D eigenvalue weighted by molar-refractivity contribution is 7.90. The Morgan fingerprint density at radius 3 is 2.71 bits per heavy atom. The molecule has 1 aromatic carbocycles. The van der Waals surface area contributed by atoms with Crippen LogP contribution in [0.25, 0.3) is 0 Å². The van der Waals surface area contributed by atoms with E-state index in [0.29, 0.717) is 18.7 Å². The molecule has 1 saturated heterocycles. The molecule has 0 radical (unpaired) electrons. The molecular formula is C14H19ClN2O3S. The maximum Gasteiger partial charge on any atom is 0.256 e. The lowest BCUT2D eigenvalue weighted by Gasteiger charge is -2.30. The predicted octanol–water partition coefficient (Wildman–Crippen LogP) is 1.17.